The highest BCUT2D eigenvalue weighted by Crippen LogP contribution is 2.62. The Kier molecular flexibility index (Phi) is 4.42. The van der Waals surface area contributed by atoms with Gasteiger partial charge >= 0.3 is 0 Å². The molecule has 1 N–H and O–H groups in total. The first-order valence-corrected chi connectivity index (χ1v) is 6.61. The van der Waals surface area contributed by atoms with Crippen LogP contribution in [0.5, 0.6) is 0 Å². The highest BCUT2D eigenvalue weighted by atomic mass is 16.5. The number of rotatable bonds is 7. The molecule has 0 radical (unpaired) electrons. The molecule has 0 saturated heterocycles. The topological polar surface area (TPSA) is 21.3 Å². The monoisotopic (exact) mass is 227 g/mol. The lowest BCUT2D eigenvalue weighted by atomic mass is 10.0. The number of ether oxygens (including phenoxy) is 1. The van der Waals surface area contributed by atoms with E-state index in [0.717, 1.165) is 25.7 Å². The Morgan fingerprint density at radius 1 is 1.06 bits per heavy atom. The Hall–Kier alpha value is -0.0800. The summed E-state index contributed by atoms with van der Waals surface area (Å²) < 4.78 is 5.60. The Bertz CT molecular complexity index is 207. The summed E-state index contributed by atoms with van der Waals surface area (Å²) in [7, 11) is 0. The average Bonchev–Trinajstić information content (AvgIpc) is 2.52. The zero-order valence-corrected chi connectivity index (χ0v) is 11.9. The molecule has 1 aliphatic carbocycles. The summed E-state index contributed by atoms with van der Waals surface area (Å²) in [6, 6.07) is 0.647. The molecule has 0 aromatic carbocycles. The zero-order valence-electron chi connectivity index (χ0n) is 11.9. The Labute approximate surface area is 101 Å². The van der Waals surface area contributed by atoms with Crippen molar-refractivity contribution >= 4 is 0 Å². The van der Waals surface area contributed by atoms with Gasteiger partial charge in [0.05, 0.1) is 6.61 Å². The molecule has 96 valence electrons. The van der Waals surface area contributed by atoms with E-state index in [2.05, 4.69) is 46.9 Å². The number of hydrogen-bond acceptors (Lipinski definition) is 2. The summed E-state index contributed by atoms with van der Waals surface area (Å²) >= 11 is 0. The van der Waals surface area contributed by atoms with Crippen molar-refractivity contribution in [1.82, 2.24) is 5.32 Å². The van der Waals surface area contributed by atoms with Gasteiger partial charge in [-0.2, -0.15) is 0 Å². The molecule has 1 fully saturated rings. The van der Waals surface area contributed by atoms with Gasteiger partial charge in [0.1, 0.15) is 0 Å². The predicted octanol–water partition coefficient (Wildman–Crippen LogP) is 3.07. The van der Waals surface area contributed by atoms with Gasteiger partial charge in [-0.15, -0.1) is 0 Å². The van der Waals surface area contributed by atoms with Crippen molar-refractivity contribution in [3.8, 4) is 0 Å². The van der Waals surface area contributed by atoms with Crippen LogP contribution in [0, 0.1) is 16.7 Å². The van der Waals surface area contributed by atoms with E-state index in [0.29, 0.717) is 16.9 Å². The van der Waals surface area contributed by atoms with Crippen LogP contribution in [0.1, 0.15) is 48.0 Å². The minimum atomic E-state index is 0.435. The van der Waals surface area contributed by atoms with Crippen molar-refractivity contribution in [2.75, 3.05) is 19.8 Å². The molecule has 0 aromatic heterocycles. The maximum Gasteiger partial charge on any atom is 0.0591 e. The molecule has 0 unspecified atom stereocenters. The molecule has 0 heterocycles. The molecule has 0 spiro atoms. The second kappa shape index (κ2) is 5.05. The molecule has 0 atom stereocenters. The fourth-order valence-corrected chi connectivity index (χ4v) is 2.40. The minimum Gasteiger partial charge on any atom is -0.380 e. The third kappa shape index (κ3) is 2.98. The maximum atomic E-state index is 5.60. The Morgan fingerprint density at radius 2 is 1.62 bits per heavy atom. The molecule has 1 aliphatic rings. The quantitative estimate of drug-likeness (QED) is 0.675. The molecular weight excluding hydrogens is 198 g/mol. The molecule has 2 nitrogen and oxygen atoms in total. The van der Waals surface area contributed by atoms with Crippen molar-refractivity contribution in [2.45, 2.75) is 54.0 Å². The van der Waals surface area contributed by atoms with Crippen LogP contribution in [-0.4, -0.2) is 25.8 Å². The van der Waals surface area contributed by atoms with E-state index in [4.69, 9.17) is 4.74 Å². The van der Waals surface area contributed by atoms with Gasteiger partial charge in [0, 0.05) is 19.2 Å². The summed E-state index contributed by atoms with van der Waals surface area (Å²) in [4.78, 5) is 0. The molecule has 16 heavy (non-hydrogen) atoms. The van der Waals surface area contributed by atoms with Crippen molar-refractivity contribution in [3.05, 3.63) is 0 Å². The van der Waals surface area contributed by atoms with Crippen LogP contribution in [0.4, 0.5) is 0 Å². The van der Waals surface area contributed by atoms with Crippen LogP contribution in [0.2, 0.25) is 0 Å². The van der Waals surface area contributed by atoms with Gasteiger partial charge in [0.25, 0.3) is 0 Å². The van der Waals surface area contributed by atoms with E-state index in [9.17, 15) is 0 Å². The molecule has 1 saturated carbocycles. The van der Waals surface area contributed by atoms with E-state index in [1.165, 1.54) is 6.42 Å². The van der Waals surface area contributed by atoms with E-state index in [1.807, 2.05) is 0 Å². The lowest BCUT2D eigenvalue weighted by Crippen LogP contribution is -2.26. The Morgan fingerprint density at radius 3 is 2.06 bits per heavy atom. The van der Waals surface area contributed by atoms with Crippen molar-refractivity contribution in [1.29, 1.82) is 0 Å². The summed E-state index contributed by atoms with van der Waals surface area (Å²) in [6.07, 6.45) is 1.17. The second-order valence-corrected chi connectivity index (χ2v) is 6.63. The van der Waals surface area contributed by atoms with Gasteiger partial charge in [-0.1, -0.05) is 41.5 Å². The average molecular weight is 227 g/mol. The maximum absolute atomic E-state index is 5.60. The lowest BCUT2D eigenvalue weighted by molar-refractivity contribution is 0.124. The van der Waals surface area contributed by atoms with Crippen molar-refractivity contribution in [3.63, 3.8) is 0 Å². The van der Waals surface area contributed by atoms with Gasteiger partial charge in [0.15, 0.2) is 0 Å². The normalized spacial score (nSPS) is 22.7. The summed E-state index contributed by atoms with van der Waals surface area (Å²) in [5.74, 6) is 0.745. The fourth-order valence-electron chi connectivity index (χ4n) is 2.40. The number of hydrogen-bond donors (Lipinski definition) is 1. The smallest absolute Gasteiger partial charge is 0.0591 e. The first kappa shape index (κ1) is 14.0. The largest absolute Gasteiger partial charge is 0.380 e. The van der Waals surface area contributed by atoms with Crippen LogP contribution < -0.4 is 5.32 Å². The van der Waals surface area contributed by atoms with Crippen LogP contribution >= 0.6 is 0 Å². The molecule has 0 aliphatic heterocycles. The summed E-state index contributed by atoms with van der Waals surface area (Å²) in [5, 5.41) is 3.60. The predicted molar refractivity (Wildman–Crippen MR) is 69.6 cm³/mol. The van der Waals surface area contributed by atoms with E-state index >= 15 is 0 Å². The third-order valence-corrected chi connectivity index (χ3v) is 4.46. The van der Waals surface area contributed by atoms with Crippen LogP contribution in [0.15, 0.2) is 0 Å². The van der Waals surface area contributed by atoms with Gasteiger partial charge in [-0.3, -0.25) is 0 Å². The van der Waals surface area contributed by atoms with Gasteiger partial charge in [-0.25, -0.2) is 0 Å². The minimum absolute atomic E-state index is 0.435. The van der Waals surface area contributed by atoms with Crippen molar-refractivity contribution < 1.29 is 4.74 Å². The standard InChI is InChI=1S/C14H29NO/c1-11(2)7-9-16-10-8-15-12-13(3,4)14(12,5)6/h11-12,15H,7-10H2,1-6H3. The SMILES string of the molecule is CC(C)CCOCCNC1C(C)(C)C1(C)C. The second-order valence-electron chi connectivity index (χ2n) is 6.63. The Balaban J connectivity index is 2.02. The van der Waals surface area contributed by atoms with Crippen LogP contribution in [0.25, 0.3) is 0 Å². The fraction of sp³-hybridized carbons (Fsp3) is 1.00. The first-order chi connectivity index (χ1) is 7.30. The van der Waals surface area contributed by atoms with Gasteiger partial charge < -0.3 is 10.1 Å². The number of nitrogens with one attached hydrogen (secondary N) is 1. The first-order valence-electron chi connectivity index (χ1n) is 6.61. The highest BCUT2D eigenvalue weighted by molar-refractivity contribution is 5.17. The lowest BCUT2D eigenvalue weighted by Gasteiger charge is -2.08. The molecule has 0 aromatic rings. The summed E-state index contributed by atoms with van der Waals surface area (Å²) in [5.41, 5.74) is 0.871. The molecular formula is C14H29NO. The van der Waals surface area contributed by atoms with Crippen molar-refractivity contribution in [2.24, 2.45) is 16.7 Å². The third-order valence-electron chi connectivity index (χ3n) is 4.46. The van der Waals surface area contributed by atoms with E-state index in [-0.39, 0.29) is 0 Å². The van der Waals surface area contributed by atoms with Crippen LogP contribution in [0.3, 0.4) is 0 Å². The van der Waals surface area contributed by atoms with Gasteiger partial charge in [-0.05, 0) is 23.2 Å². The molecule has 0 amide bonds. The molecule has 2 heteroatoms. The van der Waals surface area contributed by atoms with E-state index in [1.54, 1.807) is 0 Å². The van der Waals surface area contributed by atoms with Crippen LogP contribution in [-0.2, 0) is 4.74 Å². The highest BCUT2D eigenvalue weighted by Gasteiger charge is 2.64. The zero-order chi connectivity index (χ0) is 12.4. The summed E-state index contributed by atoms with van der Waals surface area (Å²) in [6.45, 7) is 16.5. The molecule has 1 rings (SSSR count). The van der Waals surface area contributed by atoms with E-state index < -0.39 is 0 Å². The van der Waals surface area contributed by atoms with Gasteiger partial charge in [0.2, 0.25) is 0 Å². The molecule has 0 bridgehead atoms.